The molecule has 1 heterocycles. The summed E-state index contributed by atoms with van der Waals surface area (Å²) in [7, 11) is -0.974. The molecule has 3 heteroatoms. The minimum Gasteiger partial charge on any atom is -0.399 e. The van der Waals surface area contributed by atoms with Crippen molar-refractivity contribution in [2.45, 2.75) is 44.6 Å². The Balaban J connectivity index is 2.11. The molecule has 2 N–H and O–H groups in total. The lowest BCUT2D eigenvalue weighted by Gasteiger charge is -2.31. The fourth-order valence-electron chi connectivity index (χ4n) is 2.76. The Bertz CT molecular complexity index is 367. The van der Waals surface area contributed by atoms with E-state index in [2.05, 4.69) is 36.7 Å². The first-order valence-electron chi connectivity index (χ1n) is 6.58. The Morgan fingerprint density at radius 2 is 1.88 bits per heavy atom. The number of hydrogen-bond acceptors (Lipinski definition) is 2. The number of benzene rings is 1. The summed E-state index contributed by atoms with van der Waals surface area (Å²) in [6.07, 6.45) is 2.69. The summed E-state index contributed by atoms with van der Waals surface area (Å²) in [6.45, 7) is 8.60. The Morgan fingerprint density at radius 1 is 1.24 bits per heavy atom. The summed E-state index contributed by atoms with van der Waals surface area (Å²) < 4.78 is 0. The van der Waals surface area contributed by atoms with Gasteiger partial charge in [0.1, 0.15) is 0 Å². The Hall–Kier alpha value is -0.963. The van der Waals surface area contributed by atoms with Crippen molar-refractivity contribution in [3.8, 4) is 0 Å². The van der Waals surface area contributed by atoms with Crippen molar-refractivity contribution in [3.05, 3.63) is 24.3 Å². The largest absolute Gasteiger partial charge is 0.399 e. The zero-order valence-corrected chi connectivity index (χ0v) is 12.2. The second kappa shape index (κ2) is 4.73. The van der Waals surface area contributed by atoms with Gasteiger partial charge in [-0.1, -0.05) is 19.6 Å². The van der Waals surface area contributed by atoms with Crippen LogP contribution in [0.15, 0.2) is 24.3 Å². The van der Waals surface area contributed by atoms with Gasteiger partial charge in [-0.25, -0.2) is 0 Å². The highest BCUT2D eigenvalue weighted by Crippen LogP contribution is 2.30. The van der Waals surface area contributed by atoms with E-state index in [1.807, 2.05) is 12.1 Å². The highest BCUT2D eigenvalue weighted by Gasteiger charge is 2.29. The van der Waals surface area contributed by atoms with E-state index < -0.39 is 8.07 Å². The Labute approximate surface area is 106 Å². The molecule has 1 aliphatic heterocycles. The van der Waals surface area contributed by atoms with Crippen LogP contribution < -0.4 is 10.6 Å². The normalized spacial score (nSPS) is 20.9. The highest BCUT2D eigenvalue weighted by atomic mass is 28.3. The lowest BCUT2D eigenvalue weighted by atomic mass is 10.2. The molecule has 0 aliphatic carbocycles. The maximum absolute atomic E-state index is 5.75. The summed E-state index contributed by atoms with van der Waals surface area (Å²) in [5.41, 5.74) is 7.95. The van der Waals surface area contributed by atoms with E-state index in [1.54, 1.807) is 0 Å². The average Bonchev–Trinajstić information content (AvgIpc) is 2.64. The molecule has 0 saturated carbocycles. The standard InChI is InChI=1S/C14H24N2Si/c1-17(2,3)11-14-5-4-10-16(14)13-8-6-12(15)7-9-13/h6-9,14H,4-5,10-11,15H2,1-3H3. The van der Waals surface area contributed by atoms with Crippen LogP contribution in [-0.4, -0.2) is 20.7 Å². The van der Waals surface area contributed by atoms with Gasteiger partial charge in [0.2, 0.25) is 0 Å². The minimum absolute atomic E-state index is 0.755. The van der Waals surface area contributed by atoms with Crippen LogP contribution in [0.1, 0.15) is 12.8 Å². The van der Waals surface area contributed by atoms with Gasteiger partial charge in [0.05, 0.1) is 0 Å². The number of anilines is 2. The second-order valence-corrected chi connectivity index (χ2v) is 11.9. The quantitative estimate of drug-likeness (QED) is 0.654. The molecule has 2 rings (SSSR count). The van der Waals surface area contributed by atoms with Gasteiger partial charge in [0, 0.05) is 32.0 Å². The number of hydrogen-bond donors (Lipinski definition) is 1. The van der Waals surface area contributed by atoms with Crippen molar-refractivity contribution < 1.29 is 0 Å². The summed E-state index contributed by atoms with van der Waals surface area (Å²) in [5, 5.41) is 0. The minimum atomic E-state index is -0.974. The molecule has 1 aliphatic rings. The zero-order chi connectivity index (χ0) is 12.5. The first-order chi connectivity index (χ1) is 7.96. The van der Waals surface area contributed by atoms with Gasteiger partial charge in [-0.3, -0.25) is 0 Å². The van der Waals surface area contributed by atoms with Crippen LogP contribution >= 0.6 is 0 Å². The lowest BCUT2D eigenvalue weighted by Crippen LogP contribution is -2.36. The van der Waals surface area contributed by atoms with Crippen LogP contribution in [0.4, 0.5) is 11.4 Å². The third kappa shape index (κ3) is 3.25. The lowest BCUT2D eigenvalue weighted by molar-refractivity contribution is 0.723. The van der Waals surface area contributed by atoms with Crippen LogP contribution in [0.3, 0.4) is 0 Å². The third-order valence-electron chi connectivity index (χ3n) is 3.45. The molecule has 94 valence electrons. The fraction of sp³-hybridized carbons (Fsp3) is 0.571. The monoisotopic (exact) mass is 248 g/mol. The Morgan fingerprint density at radius 3 is 2.47 bits per heavy atom. The van der Waals surface area contributed by atoms with Crippen LogP contribution in [0.5, 0.6) is 0 Å². The van der Waals surface area contributed by atoms with E-state index in [9.17, 15) is 0 Å². The number of nitrogens with two attached hydrogens (primary N) is 1. The summed E-state index contributed by atoms with van der Waals surface area (Å²) in [5.74, 6) is 0. The van der Waals surface area contributed by atoms with Gasteiger partial charge in [-0.05, 0) is 43.2 Å². The average molecular weight is 248 g/mol. The van der Waals surface area contributed by atoms with Crippen molar-refractivity contribution in [2.75, 3.05) is 17.2 Å². The molecule has 1 unspecified atom stereocenters. The van der Waals surface area contributed by atoms with Crippen LogP contribution in [0.25, 0.3) is 0 Å². The van der Waals surface area contributed by atoms with Crippen LogP contribution in [-0.2, 0) is 0 Å². The molecule has 17 heavy (non-hydrogen) atoms. The van der Waals surface area contributed by atoms with Gasteiger partial charge in [-0.15, -0.1) is 0 Å². The number of nitrogen functional groups attached to an aromatic ring is 1. The predicted octanol–water partition coefficient (Wildman–Crippen LogP) is 3.58. The van der Waals surface area contributed by atoms with Crippen LogP contribution in [0.2, 0.25) is 25.7 Å². The number of nitrogens with zero attached hydrogens (tertiary/aromatic N) is 1. The number of rotatable bonds is 3. The van der Waals surface area contributed by atoms with Gasteiger partial charge < -0.3 is 10.6 Å². The van der Waals surface area contributed by atoms with E-state index in [0.29, 0.717) is 0 Å². The zero-order valence-electron chi connectivity index (χ0n) is 11.2. The molecule has 1 aromatic rings. The fourth-order valence-corrected chi connectivity index (χ4v) is 4.60. The van der Waals surface area contributed by atoms with Gasteiger partial charge in [0.25, 0.3) is 0 Å². The molecule has 0 amide bonds. The summed E-state index contributed by atoms with van der Waals surface area (Å²) >= 11 is 0. The predicted molar refractivity (Wildman–Crippen MR) is 79.4 cm³/mol. The molecule has 2 nitrogen and oxygen atoms in total. The maximum atomic E-state index is 5.75. The molecule has 0 spiro atoms. The van der Waals surface area contributed by atoms with Crippen molar-refractivity contribution in [1.29, 1.82) is 0 Å². The van der Waals surface area contributed by atoms with E-state index in [1.165, 1.54) is 31.1 Å². The SMILES string of the molecule is C[Si](C)(C)CC1CCCN1c1ccc(N)cc1. The third-order valence-corrected chi connectivity index (χ3v) is 5.15. The molecule has 1 saturated heterocycles. The van der Waals surface area contributed by atoms with Crippen molar-refractivity contribution in [1.82, 2.24) is 0 Å². The molecular formula is C14H24N2Si. The first kappa shape index (κ1) is 12.5. The van der Waals surface area contributed by atoms with Gasteiger partial charge >= 0.3 is 0 Å². The van der Waals surface area contributed by atoms with E-state index in [4.69, 9.17) is 5.73 Å². The van der Waals surface area contributed by atoms with E-state index >= 15 is 0 Å². The topological polar surface area (TPSA) is 29.3 Å². The molecule has 0 bridgehead atoms. The molecule has 0 radical (unpaired) electrons. The van der Waals surface area contributed by atoms with Crippen molar-refractivity contribution in [2.24, 2.45) is 0 Å². The maximum Gasteiger partial charge on any atom is 0.0463 e. The molecule has 0 aromatic heterocycles. The molecular weight excluding hydrogens is 224 g/mol. The molecule has 1 atom stereocenters. The molecule has 1 aromatic carbocycles. The first-order valence-corrected chi connectivity index (χ1v) is 10.3. The van der Waals surface area contributed by atoms with Gasteiger partial charge in [-0.2, -0.15) is 0 Å². The van der Waals surface area contributed by atoms with Gasteiger partial charge in [0.15, 0.2) is 0 Å². The summed E-state index contributed by atoms with van der Waals surface area (Å²) in [6, 6.07) is 10.5. The van der Waals surface area contributed by atoms with Crippen LogP contribution in [0, 0.1) is 0 Å². The van der Waals surface area contributed by atoms with E-state index in [-0.39, 0.29) is 0 Å². The second-order valence-electron chi connectivity index (χ2n) is 6.35. The van der Waals surface area contributed by atoms with E-state index in [0.717, 1.165) is 11.7 Å². The smallest absolute Gasteiger partial charge is 0.0463 e. The van der Waals surface area contributed by atoms with Crippen molar-refractivity contribution in [3.63, 3.8) is 0 Å². The van der Waals surface area contributed by atoms with Crippen molar-refractivity contribution >= 4 is 19.4 Å². The molecule has 1 fully saturated rings. The summed E-state index contributed by atoms with van der Waals surface area (Å²) in [4.78, 5) is 2.58. The Kier molecular flexibility index (Phi) is 3.47. The highest BCUT2D eigenvalue weighted by molar-refractivity contribution is 6.76.